The van der Waals surface area contributed by atoms with Crippen molar-refractivity contribution in [2.24, 2.45) is 0 Å². The molecule has 0 spiro atoms. The highest BCUT2D eigenvalue weighted by molar-refractivity contribution is 7.99. The molecule has 0 fully saturated rings. The predicted octanol–water partition coefficient (Wildman–Crippen LogP) is 2.95. The lowest BCUT2D eigenvalue weighted by atomic mass is 10.2. The van der Waals surface area contributed by atoms with E-state index < -0.39 is 0 Å². The van der Waals surface area contributed by atoms with Gasteiger partial charge >= 0.3 is 0 Å². The summed E-state index contributed by atoms with van der Waals surface area (Å²) in [6, 6.07) is 7.71. The Balaban J connectivity index is 1.74. The SMILES string of the molecule is CN(Cc1cn[nH]c1)C(=O)CSCc1cccc(Cl)c1. The minimum atomic E-state index is 0.109. The zero-order valence-electron chi connectivity index (χ0n) is 11.2. The monoisotopic (exact) mass is 309 g/mol. The highest BCUT2D eigenvalue weighted by atomic mass is 35.5. The molecular weight excluding hydrogens is 294 g/mol. The van der Waals surface area contributed by atoms with Crippen LogP contribution in [0.3, 0.4) is 0 Å². The number of benzene rings is 1. The topological polar surface area (TPSA) is 49.0 Å². The first-order chi connectivity index (χ1) is 9.65. The number of rotatable bonds is 6. The molecule has 0 aliphatic rings. The molecule has 4 nitrogen and oxygen atoms in total. The van der Waals surface area contributed by atoms with Gasteiger partial charge in [0.1, 0.15) is 0 Å². The lowest BCUT2D eigenvalue weighted by Gasteiger charge is -2.15. The maximum absolute atomic E-state index is 12.0. The number of nitrogens with one attached hydrogen (secondary N) is 1. The molecule has 0 bridgehead atoms. The standard InChI is InChI=1S/C14H16ClN3OS/c1-18(8-12-6-16-17-7-12)14(19)10-20-9-11-3-2-4-13(15)5-11/h2-7H,8-10H2,1H3,(H,16,17). The molecule has 106 valence electrons. The molecule has 0 unspecified atom stereocenters. The first kappa shape index (κ1) is 14.9. The number of amides is 1. The Kier molecular flexibility index (Phi) is 5.49. The molecule has 0 aliphatic heterocycles. The van der Waals surface area contributed by atoms with Crippen LogP contribution in [0.2, 0.25) is 5.02 Å². The molecule has 0 radical (unpaired) electrons. The van der Waals surface area contributed by atoms with Crippen LogP contribution in [0.4, 0.5) is 0 Å². The quantitative estimate of drug-likeness (QED) is 0.892. The van der Waals surface area contributed by atoms with Gasteiger partial charge in [0.25, 0.3) is 0 Å². The molecule has 1 heterocycles. The van der Waals surface area contributed by atoms with Crippen LogP contribution in [0.25, 0.3) is 0 Å². The fourth-order valence-corrected chi connectivity index (χ4v) is 2.84. The van der Waals surface area contributed by atoms with Crippen molar-refractivity contribution in [2.45, 2.75) is 12.3 Å². The van der Waals surface area contributed by atoms with E-state index in [0.29, 0.717) is 12.3 Å². The van der Waals surface area contributed by atoms with Gasteiger partial charge in [-0.3, -0.25) is 9.89 Å². The van der Waals surface area contributed by atoms with Crippen LogP contribution < -0.4 is 0 Å². The van der Waals surface area contributed by atoms with Crippen LogP contribution in [0.5, 0.6) is 0 Å². The Labute approximate surface area is 127 Å². The van der Waals surface area contributed by atoms with E-state index in [9.17, 15) is 4.79 Å². The van der Waals surface area contributed by atoms with E-state index in [-0.39, 0.29) is 5.91 Å². The van der Waals surface area contributed by atoms with E-state index in [1.807, 2.05) is 24.3 Å². The highest BCUT2D eigenvalue weighted by Gasteiger charge is 2.09. The van der Waals surface area contributed by atoms with Crippen LogP contribution in [0, 0.1) is 0 Å². The van der Waals surface area contributed by atoms with Crippen LogP contribution in [-0.2, 0) is 17.1 Å². The number of halogens is 1. The Morgan fingerprint density at radius 1 is 1.45 bits per heavy atom. The summed E-state index contributed by atoms with van der Waals surface area (Å²) in [4.78, 5) is 13.7. The first-order valence-corrected chi connectivity index (χ1v) is 7.72. The summed E-state index contributed by atoms with van der Waals surface area (Å²) in [7, 11) is 1.80. The van der Waals surface area contributed by atoms with Crippen LogP contribution in [0.15, 0.2) is 36.7 Å². The zero-order valence-corrected chi connectivity index (χ0v) is 12.7. The third-order valence-corrected chi connectivity index (χ3v) is 4.01. The normalized spacial score (nSPS) is 10.5. The van der Waals surface area contributed by atoms with E-state index in [1.54, 1.807) is 36.1 Å². The average Bonchev–Trinajstić information content (AvgIpc) is 2.91. The summed E-state index contributed by atoms with van der Waals surface area (Å²) in [5, 5.41) is 7.33. The minimum Gasteiger partial charge on any atom is -0.341 e. The van der Waals surface area contributed by atoms with Crippen molar-refractivity contribution in [3.8, 4) is 0 Å². The highest BCUT2D eigenvalue weighted by Crippen LogP contribution is 2.17. The Morgan fingerprint density at radius 3 is 3.00 bits per heavy atom. The summed E-state index contributed by atoms with van der Waals surface area (Å²) in [6.07, 6.45) is 3.52. The molecule has 1 aromatic heterocycles. The number of hydrogen-bond donors (Lipinski definition) is 1. The van der Waals surface area contributed by atoms with Gasteiger partial charge in [-0.25, -0.2) is 0 Å². The van der Waals surface area contributed by atoms with Gasteiger partial charge in [-0.1, -0.05) is 23.7 Å². The number of H-pyrrole nitrogens is 1. The Bertz CT molecular complexity index is 559. The van der Waals surface area contributed by atoms with E-state index in [2.05, 4.69) is 10.2 Å². The van der Waals surface area contributed by atoms with Gasteiger partial charge in [-0.15, -0.1) is 11.8 Å². The molecule has 1 amide bonds. The van der Waals surface area contributed by atoms with Crippen molar-refractivity contribution < 1.29 is 4.79 Å². The summed E-state index contributed by atoms with van der Waals surface area (Å²) >= 11 is 7.51. The van der Waals surface area contributed by atoms with Crippen molar-refractivity contribution in [3.63, 3.8) is 0 Å². The van der Waals surface area contributed by atoms with Crippen molar-refractivity contribution in [3.05, 3.63) is 52.8 Å². The van der Waals surface area contributed by atoms with Crippen molar-refractivity contribution in [1.29, 1.82) is 0 Å². The molecule has 2 rings (SSSR count). The number of aromatic amines is 1. The molecule has 6 heteroatoms. The third kappa shape index (κ3) is 4.58. The van der Waals surface area contributed by atoms with Crippen molar-refractivity contribution in [1.82, 2.24) is 15.1 Å². The van der Waals surface area contributed by atoms with Crippen molar-refractivity contribution >= 4 is 29.3 Å². The maximum atomic E-state index is 12.0. The smallest absolute Gasteiger partial charge is 0.232 e. The number of carbonyl (C=O) groups is 1. The maximum Gasteiger partial charge on any atom is 0.232 e. The lowest BCUT2D eigenvalue weighted by Crippen LogP contribution is -2.27. The molecule has 0 saturated carbocycles. The summed E-state index contributed by atoms with van der Waals surface area (Å²) in [5.74, 6) is 1.35. The van der Waals surface area contributed by atoms with Gasteiger partial charge in [-0.05, 0) is 17.7 Å². The molecule has 20 heavy (non-hydrogen) atoms. The second kappa shape index (κ2) is 7.36. The van der Waals surface area contributed by atoms with Crippen molar-refractivity contribution in [2.75, 3.05) is 12.8 Å². The number of carbonyl (C=O) groups excluding carboxylic acids is 1. The molecule has 2 aromatic rings. The van der Waals surface area contributed by atoms with E-state index >= 15 is 0 Å². The van der Waals surface area contributed by atoms with E-state index in [1.165, 1.54) is 0 Å². The summed E-state index contributed by atoms with van der Waals surface area (Å²) < 4.78 is 0. The molecule has 0 aliphatic carbocycles. The lowest BCUT2D eigenvalue weighted by molar-refractivity contribution is -0.127. The molecule has 1 N–H and O–H groups in total. The van der Waals surface area contributed by atoms with Gasteiger partial charge in [0.2, 0.25) is 5.91 Å². The van der Waals surface area contributed by atoms with E-state index in [0.717, 1.165) is 21.9 Å². The molecule has 1 aromatic carbocycles. The number of thioether (sulfide) groups is 1. The van der Waals surface area contributed by atoms with Gasteiger partial charge in [-0.2, -0.15) is 5.10 Å². The Hall–Kier alpha value is -1.46. The third-order valence-electron chi connectivity index (χ3n) is 2.78. The largest absolute Gasteiger partial charge is 0.341 e. The predicted molar refractivity (Wildman–Crippen MR) is 82.7 cm³/mol. The van der Waals surface area contributed by atoms with Gasteiger partial charge < -0.3 is 4.90 Å². The second-order valence-electron chi connectivity index (χ2n) is 4.48. The molecular formula is C14H16ClN3OS. The molecule has 0 atom stereocenters. The minimum absolute atomic E-state index is 0.109. The Morgan fingerprint density at radius 2 is 2.30 bits per heavy atom. The fourth-order valence-electron chi connectivity index (χ4n) is 1.72. The number of nitrogens with zero attached hydrogens (tertiary/aromatic N) is 2. The summed E-state index contributed by atoms with van der Waals surface area (Å²) in [5.41, 5.74) is 2.13. The van der Waals surface area contributed by atoms with Crippen LogP contribution in [0.1, 0.15) is 11.1 Å². The first-order valence-electron chi connectivity index (χ1n) is 6.19. The van der Waals surface area contributed by atoms with Gasteiger partial charge in [0.05, 0.1) is 11.9 Å². The fraction of sp³-hybridized carbons (Fsp3) is 0.286. The van der Waals surface area contributed by atoms with E-state index in [4.69, 9.17) is 11.6 Å². The second-order valence-corrected chi connectivity index (χ2v) is 5.90. The zero-order chi connectivity index (χ0) is 14.4. The van der Waals surface area contributed by atoms with Crippen LogP contribution >= 0.6 is 23.4 Å². The number of aromatic nitrogens is 2. The van der Waals surface area contributed by atoms with Gasteiger partial charge in [0, 0.05) is 36.1 Å². The molecule has 0 saturated heterocycles. The van der Waals surface area contributed by atoms with Gasteiger partial charge in [0.15, 0.2) is 0 Å². The summed E-state index contributed by atoms with van der Waals surface area (Å²) in [6.45, 7) is 0.576. The van der Waals surface area contributed by atoms with Crippen LogP contribution in [-0.4, -0.2) is 33.8 Å². The average molecular weight is 310 g/mol. The number of hydrogen-bond acceptors (Lipinski definition) is 3.